The molecule has 3 unspecified atom stereocenters. The quantitative estimate of drug-likeness (QED) is 0.793. The van der Waals surface area contributed by atoms with Gasteiger partial charge in [0.15, 0.2) is 0 Å². The first kappa shape index (κ1) is 13.3. The molecule has 102 valence electrons. The molecule has 2 saturated heterocycles. The van der Waals surface area contributed by atoms with Crippen LogP contribution in [0.4, 0.5) is 0 Å². The molecule has 5 nitrogen and oxygen atoms in total. The third kappa shape index (κ3) is 2.51. The minimum atomic E-state index is -0.408. The Morgan fingerprint density at radius 3 is 2.72 bits per heavy atom. The smallest absolute Gasteiger partial charge is 0.245 e. The van der Waals surface area contributed by atoms with Gasteiger partial charge >= 0.3 is 0 Å². The molecule has 0 aromatic carbocycles. The highest BCUT2D eigenvalue weighted by molar-refractivity contribution is 5.96. The number of carbonyl (C=O) groups excluding carboxylic acids is 2. The lowest BCUT2D eigenvalue weighted by Gasteiger charge is -2.40. The molecule has 2 heterocycles. The zero-order valence-corrected chi connectivity index (χ0v) is 11.3. The molecule has 3 atom stereocenters. The molecular weight excluding hydrogens is 232 g/mol. The number of ether oxygens (including phenoxy) is 1. The highest BCUT2D eigenvalue weighted by Gasteiger charge is 2.41. The topological polar surface area (TPSA) is 58.6 Å². The second-order valence-electron chi connectivity index (χ2n) is 5.64. The fourth-order valence-corrected chi connectivity index (χ4v) is 2.76. The lowest BCUT2D eigenvalue weighted by Crippen LogP contribution is -2.64. The van der Waals surface area contributed by atoms with Crippen molar-refractivity contribution in [2.24, 2.45) is 11.8 Å². The van der Waals surface area contributed by atoms with E-state index < -0.39 is 6.04 Å². The Labute approximate surface area is 108 Å². The number of hydrogen-bond acceptors (Lipinski definition) is 3. The summed E-state index contributed by atoms with van der Waals surface area (Å²) in [5.41, 5.74) is 0. The van der Waals surface area contributed by atoms with Crippen LogP contribution >= 0.6 is 0 Å². The van der Waals surface area contributed by atoms with Crippen molar-refractivity contribution in [1.29, 1.82) is 0 Å². The van der Waals surface area contributed by atoms with Gasteiger partial charge in [-0.2, -0.15) is 0 Å². The van der Waals surface area contributed by atoms with Crippen LogP contribution in [0.5, 0.6) is 0 Å². The molecule has 0 saturated carbocycles. The van der Waals surface area contributed by atoms with Gasteiger partial charge in [0.25, 0.3) is 0 Å². The highest BCUT2D eigenvalue weighted by atomic mass is 16.5. The largest absolute Gasteiger partial charge is 0.381 e. The van der Waals surface area contributed by atoms with Gasteiger partial charge < -0.3 is 15.0 Å². The van der Waals surface area contributed by atoms with Crippen LogP contribution < -0.4 is 5.32 Å². The molecule has 2 amide bonds. The summed E-state index contributed by atoms with van der Waals surface area (Å²) < 4.78 is 5.34. The molecule has 1 N–H and O–H groups in total. The Kier molecular flexibility index (Phi) is 3.90. The minimum Gasteiger partial charge on any atom is -0.381 e. The number of carbonyl (C=O) groups is 2. The van der Waals surface area contributed by atoms with Crippen molar-refractivity contribution in [3.63, 3.8) is 0 Å². The normalized spacial score (nSPS) is 33.1. The van der Waals surface area contributed by atoms with Crippen molar-refractivity contribution in [2.75, 3.05) is 19.8 Å². The van der Waals surface area contributed by atoms with Crippen molar-refractivity contribution in [3.8, 4) is 0 Å². The maximum Gasteiger partial charge on any atom is 0.245 e. The van der Waals surface area contributed by atoms with E-state index in [0.29, 0.717) is 19.1 Å². The van der Waals surface area contributed by atoms with E-state index in [0.717, 1.165) is 13.0 Å². The number of nitrogens with zero attached hydrogens (tertiary/aromatic N) is 1. The zero-order valence-electron chi connectivity index (χ0n) is 11.3. The number of piperazine rings is 1. The van der Waals surface area contributed by atoms with Gasteiger partial charge in [0.2, 0.25) is 11.8 Å². The van der Waals surface area contributed by atoms with Crippen LogP contribution in [-0.4, -0.2) is 48.6 Å². The molecule has 0 bridgehead atoms. The van der Waals surface area contributed by atoms with Crippen molar-refractivity contribution in [2.45, 2.75) is 39.3 Å². The fourth-order valence-electron chi connectivity index (χ4n) is 2.76. The number of amides is 2. The number of nitrogens with one attached hydrogen (secondary N) is 1. The van der Waals surface area contributed by atoms with Gasteiger partial charge in [-0.1, -0.05) is 13.8 Å². The van der Waals surface area contributed by atoms with Gasteiger partial charge in [0.1, 0.15) is 12.1 Å². The second kappa shape index (κ2) is 5.26. The molecule has 2 fully saturated rings. The van der Waals surface area contributed by atoms with Crippen molar-refractivity contribution in [1.82, 2.24) is 10.2 Å². The van der Waals surface area contributed by atoms with Crippen LogP contribution in [0.1, 0.15) is 27.2 Å². The standard InChI is InChI=1S/C13H22N2O3/c1-8(2)11-12(16)14-9(3)13(17)15(11)6-10-4-5-18-7-10/h8-11H,4-7H2,1-3H3,(H,14,16). The number of hydrogen-bond donors (Lipinski definition) is 1. The van der Waals surface area contributed by atoms with E-state index in [1.807, 2.05) is 13.8 Å². The van der Waals surface area contributed by atoms with Crippen LogP contribution in [0.25, 0.3) is 0 Å². The fraction of sp³-hybridized carbons (Fsp3) is 0.846. The summed E-state index contributed by atoms with van der Waals surface area (Å²) in [6.07, 6.45) is 0.977. The molecule has 0 aromatic heterocycles. The van der Waals surface area contributed by atoms with E-state index in [2.05, 4.69) is 5.32 Å². The molecule has 2 rings (SSSR count). The average molecular weight is 254 g/mol. The summed E-state index contributed by atoms with van der Waals surface area (Å²) in [6.45, 7) is 7.80. The summed E-state index contributed by atoms with van der Waals surface area (Å²) in [5, 5.41) is 2.75. The first-order valence-corrected chi connectivity index (χ1v) is 6.69. The Morgan fingerprint density at radius 2 is 2.17 bits per heavy atom. The van der Waals surface area contributed by atoms with Crippen LogP contribution in [0.2, 0.25) is 0 Å². The van der Waals surface area contributed by atoms with Gasteiger partial charge in [-0.3, -0.25) is 9.59 Å². The molecule has 0 aliphatic carbocycles. The molecule has 0 spiro atoms. The van der Waals surface area contributed by atoms with Crippen LogP contribution in [0.3, 0.4) is 0 Å². The van der Waals surface area contributed by atoms with Crippen molar-refractivity contribution < 1.29 is 14.3 Å². The van der Waals surface area contributed by atoms with Crippen LogP contribution in [0.15, 0.2) is 0 Å². The molecule has 2 aliphatic rings. The second-order valence-corrected chi connectivity index (χ2v) is 5.64. The highest BCUT2D eigenvalue weighted by Crippen LogP contribution is 2.22. The molecular formula is C13H22N2O3. The molecule has 18 heavy (non-hydrogen) atoms. The molecule has 0 aromatic rings. The summed E-state index contributed by atoms with van der Waals surface area (Å²) in [4.78, 5) is 26.0. The Hall–Kier alpha value is -1.10. The van der Waals surface area contributed by atoms with Gasteiger partial charge in [-0.25, -0.2) is 0 Å². The van der Waals surface area contributed by atoms with Gasteiger partial charge in [0.05, 0.1) is 6.61 Å². The lowest BCUT2D eigenvalue weighted by molar-refractivity contribution is -0.151. The molecule has 2 aliphatic heterocycles. The average Bonchev–Trinajstić information content (AvgIpc) is 2.77. The Balaban J connectivity index is 2.13. The SMILES string of the molecule is CC1NC(=O)C(C(C)C)N(CC2CCOC2)C1=O. The van der Waals surface area contributed by atoms with Gasteiger partial charge in [0, 0.05) is 19.1 Å². The summed E-state index contributed by atoms with van der Waals surface area (Å²) in [6, 6.07) is -0.746. The molecule has 5 heteroatoms. The van der Waals surface area contributed by atoms with E-state index in [1.54, 1.807) is 11.8 Å². The minimum absolute atomic E-state index is 0.0280. The van der Waals surface area contributed by atoms with Gasteiger partial charge in [-0.05, 0) is 19.3 Å². The Bertz CT molecular complexity index is 337. The summed E-state index contributed by atoms with van der Waals surface area (Å²) in [5.74, 6) is 0.494. The first-order chi connectivity index (χ1) is 8.50. The molecule has 0 radical (unpaired) electrons. The predicted octanol–water partition coefficient (Wildman–Crippen LogP) is 0.394. The maximum atomic E-state index is 12.2. The third-order valence-corrected chi connectivity index (χ3v) is 3.73. The first-order valence-electron chi connectivity index (χ1n) is 6.69. The van der Waals surface area contributed by atoms with Crippen LogP contribution in [0, 0.1) is 11.8 Å². The predicted molar refractivity (Wildman–Crippen MR) is 66.9 cm³/mol. The number of rotatable bonds is 3. The Morgan fingerprint density at radius 1 is 1.44 bits per heavy atom. The van der Waals surface area contributed by atoms with E-state index in [-0.39, 0.29) is 23.8 Å². The van der Waals surface area contributed by atoms with Crippen molar-refractivity contribution in [3.05, 3.63) is 0 Å². The zero-order chi connectivity index (χ0) is 13.3. The van der Waals surface area contributed by atoms with E-state index in [1.165, 1.54) is 0 Å². The van der Waals surface area contributed by atoms with Crippen LogP contribution in [-0.2, 0) is 14.3 Å². The van der Waals surface area contributed by atoms with E-state index >= 15 is 0 Å². The lowest BCUT2D eigenvalue weighted by atomic mass is 9.95. The van der Waals surface area contributed by atoms with Crippen molar-refractivity contribution >= 4 is 11.8 Å². The van der Waals surface area contributed by atoms with E-state index in [9.17, 15) is 9.59 Å². The van der Waals surface area contributed by atoms with E-state index in [4.69, 9.17) is 4.74 Å². The summed E-state index contributed by atoms with van der Waals surface area (Å²) in [7, 11) is 0. The maximum absolute atomic E-state index is 12.2. The van der Waals surface area contributed by atoms with Gasteiger partial charge in [-0.15, -0.1) is 0 Å². The third-order valence-electron chi connectivity index (χ3n) is 3.73. The monoisotopic (exact) mass is 254 g/mol. The summed E-state index contributed by atoms with van der Waals surface area (Å²) >= 11 is 0.